The molecular formula is C16H16FN3O4S2. The predicted molar refractivity (Wildman–Crippen MR) is 94.1 cm³/mol. The Hall–Kier alpha value is -2.33. The smallest absolute Gasteiger partial charge is 0.254 e. The summed E-state index contributed by atoms with van der Waals surface area (Å²) in [5.74, 6) is -1.83. The second-order valence-electron chi connectivity index (χ2n) is 6.05. The van der Waals surface area contributed by atoms with E-state index < -0.39 is 39.6 Å². The van der Waals surface area contributed by atoms with Gasteiger partial charge < -0.3 is 10.6 Å². The third-order valence-corrected chi connectivity index (χ3v) is 6.28. The summed E-state index contributed by atoms with van der Waals surface area (Å²) >= 11 is 1.11. The van der Waals surface area contributed by atoms with Crippen molar-refractivity contribution in [2.24, 2.45) is 0 Å². The number of halogens is 1. The number of hydrogen-bond donors (Lipinski definition) is 2. The maximum absolute atomic E-state index is 13.2. The molecule has 1 aromatic heterocycles. The Labute approximate surface area is 153 Å². The molecule has 10 heteroatoms. The van der Waals surface area contributed by atoms with Gasteiger partial charge in [0.1, 0.15) is 5.82 Å². The van der Waals surface area contributed by atoms with Gasteiger partial charge in [0, 0.05) is 5.38 Å². The van der Waals surface area contributed by atoms with Crippen molar-refractivity contribution >= 4 is 33.2 Å². The van der Waals surface area contributed by atoms with Crippen LogP contribution in [0.25, 0.3) is 0 Å². The van der Waals surface area contributed by atoms with Crippen molar-refractivity contribution in [2.75, 3.05) is 11.5 Å². The highest BCUT2D eigenvalue weighted by molar-refractivity contribution is 7.91. The molecule has 2 amide bonds. The first kappa shape index (κ1) is 18.5. The normalized spacial score (nSPS) is 21.3. The monoisotopic (exact) mass is 397 g/mol. The average molecular weight is 397 g/mol. The zero-order valence-corrected chi connectivity index (χ0v) is 15.1. The molecule has 2 heterocycles. The average Bonchev–Trinajstić information content (AvgIpc) is 3.15. The fourth-order valence-electron chi connectivity index (χ4n) is 2.79. The quantitative estimate of drug-likeness (QED) is 0.766. The molecule has 1 saturated heterocycles. The largest absolute Gasteiger partial charge is 0.350 e. The molecule has 0 unspecified atom stereocenters. The SMILES string of the molecule is O=C(Cc1cccc(F)c1)N[C@@H]1CS(=O)(=O)C[C@H]1NC(=O)c1cnsc1. The summed E-state index contributed by atoms with van der Waals surface area (Å²) in [6.07, 6.45) is 1.31. The molecule has 26 heavy (non-hydrogen) atoms. The zero-order chi connectivity index (χ0) is 18.7. The minimum atomic E-state index is -3.39. The molecule has 7 nitrogen and oxygen atoms in total. The molecule has 0 saturated carbocycles. The second kappa shape index (κ2) is 7.50. The van der Waals surface area contributed by atoms with Crippen LogP contribution in [0, 0.1) is 5.82 Å². The van der Waals surface area contributed by atoms with E-state index in [1.165, 1.54) is 24.4 Å². The molecule has 138 valence electrons. The highest BCUT2D eigenvalue weighted by Crippen LogP contribution is 2.15. The minimum Gasteiger partial charge on any atom is -0.350 e. The van der Waals surface area contributed by atoms with Gasteiger partial charge in [0.2, 0.25) is 5.91 Å². The van der Waals surface area contributed by atoms with Crippen molar-refractivity contribution < 1.29 is 22.4 Å². The van der Waals surface area contributed by atoms with Gasteiger partial charge in [-0.2, -0.15) is 0 Å². The number of nitrogens with one attached hydrogen (secondary N) is 2. The van der Waals surface area contributed by atoms with Crippen LogP contribution in [0.3, 0.4) is 0 Å². The molecule has 0 spiro atoms. The van der Waals surface area contributed by atoms with Gasteiger partial charge in [-0.3, -0.25) is 9.59 Å². The molecule has 2 atom stereocenters. The van der Waals surface area contributed by atoms with E-state index in [9.17, 15) is 22.4 Å². The van der Waals surface area contributed by atoms with E-state index in [0.717, 1.165) is 11.5 Å². The fraction of sp³-hybridized carbons (Fsp3) is 0.312. The van der Waals surface area contributed by atoms with Gasteiger partial charge >= 0.3 is 0 Å². The van der Waals surface area contributed by atoms with E-state index in [-0.39, 0.29) is 17.9 Å². The van der Waals surface area contributed by atoms with Gasteiger partial charge in [-0.05, 0) is 29.2 Å². The standard InChI is InChI=1S/C16H16FN3O4S2/c17-12-3-1-2-10(4-12)5-15(21)19-13-8-26(23,24)9-14(13)20-16(22)11-6-18-25-7-11/h1-4,6-7,13-14H,5,8-9H2,(H,19,21)(H,20,22)/t13-,14-/m1/s1. The number of amides is 2. The lowest BCUT2D eigenvalue weighted by molar-refractivity contribution is -0.121. The van der Waals surface area contributed by atoms with E-state index in [4.69, 9.17) is 0 Å². The highest BCUT2D eigenvalue weighted by Gasteiger charge is 2.39. The van der Waals surface area contributed by atoms with Crippen LogP contribution in [0.1, 0.15) is 15.9 Å². The van der Waals surface area contributed by atoms with Crippen LogP contribution >= 0.6 is 11.5 Å². The topological polar surface area (TPSA) is 105 Å². The zero-order valence-electron chi connectivity index (χ0n) is 13.5. The maximum atomic E-state index is 13.2. The summed E-state index contributed by atoms with van der Waals surface area (Å²) in [6, 6.07) is 4.15. The fourth-order valence-corrected chi connectivity index (χ4v) is 5.17. The Morgan fingerprint density at radius 2 is 1.96 bits per heavy atom. The molecular weight excluding hydrogens is 381 g/mol. The minimum absolute atomic E-state index is 0.0799. The van der Waals surface area contributed by atoms with Crippen LogP contribution in [0.4, 0.5) is 4.39 Å². The Balaban J connectivity index is 1.66. The lowest BCUT2D eigenvalue weighted by atomic mass is 10.1. The van der Waals surface area contributed by atoms with E-state index >= 15 is 0 Å². The van der Waals surface area contributed by atoms with Crippen LogP contribution < -0.4 is 10.6 Å². The van der Waals surface area contributed by atoms with E-state index in [1.807, 2.05) is 0 Å². The highest BCUT2D eigenvalue weighted by atomic mass is 32.2. The van der Waals surface area contributed by atoms with Crippen LogP contribution in [0.2, 0.25) is 0 Å². The molecule has 0 aliphatic carbocycles. The maximum Gasteiger partial charge on any atom is 0.254 e. The van der Waals surface area contributed by atoms with Gasteiger partial charge in [0.25, 0.3) is 5.91 Å². The Bertz CT molecular complexity index is 915. The number of rotatable bonds is 5. The van der Waals surface area contributed by atoms with Gasteiger partial charge in [-0.1, -0.05) is 12.1 Å². The summed E-state index contributed by atoms with van der Waals surface area (Å²) in [5.41, 5.74) is 0.817. The summed E-state index contributed by atoms with van der Waals surface area (Å²) in [4.78, 5) is 24.3. The van der Waals surface area contributed by atoms with E-state index in [1.54, 1.807) is 11.4 Å². The van der Waals surface area contributed by atoms with Crippen molar-refractivity contribution in [1.82, 2.24) is 15.0 Å². The number of aromatic nitrogens is 1. The molecule has 2 aromatic rings. The van der Waals surface area contributed by atoms with Gasteiger partial charge in [-0.15, -0.1) is 0 Å². The Kier molecular flexibility index (Phi) is 5.33. The van der Waals surface area contributed by atoms with Gasteiger partial charge in [0.15, 0.2) is 9.84 Å². The molecule has 2 N–H and O–H groups in total. The van der Waals surface area contributed by atoms with Crippen molar-refractivity contribution in [2.45, 2.75) is 18.5 Å². The van der Waals surface area contributed by atoms with E-state index in [2.05, 4.69) is 15.0 Å². The first-order chi connectivity index (χ1) is 12.3. The number of sulfone groups is 1. The van der Waals surface area contributed by atoms with Crippen molar-refractivity contribution in [3.8, 4) is 0 Å². The Morgan fingerprint density at radius 3 is 2.62 bits per heavy atom. The molecule has 3 rings (SSSR count). The summed E-state index contributed by atoms with van der Waals surface area (Å²) in [6.45, 7) is 0. The third kappa shape index (κ3) is 4.64. The molecule has 0 bridgehead atoms. The van der Waals surface area contributed by atoms with Crippen LogP contribution in [0.15, 0.2) is 35.8 Å². The predicted octanol–water partition coefficient (Wildman–Crippen LogP) is 0.536. The van der Waals surface area contributed by atoms with Crippen LogP contribution in [-0.4, -0.2) is 48.2 Å². The van der Waals surface area contributed by atoms with Crippen molar-refractivity contribution in [3.63, 3.8) is 0 Å². The number of carbonyl (C=O) groups is 2. The lowest BCUT2D eigenvalue weighted by Gasteiger charge is -2.20. The summed E-state index contributed by atoms with van der Waals surface area (Å²) in [7, 11) is -3.39. The number of hydrogen-bond acceptors (Lipinski definition) is 6. The summed E-state index contributed by atoms with van der Waals surface area (Å²) < 4.78 is 40.9. The first-order valence-corrected chi connectivity index (χ1v) is 10.4. The molecule has 1 aliphatic heterocycles. The first-order valence-electron chi connectivity index (χ1n) is 7.77. The van der Waals surface area contributed by atoms with Gasteiger partial charge in [0.05, 0.1) is 41.8 Å². The second-order valence-corrected chi connectivity index (χ2v) is 8.86. The molecule has 1 aromatic carbocycles. The Morgan fingerprint density at radius 1 is 1.23 bits per heavy atom. The number of nitrogens with zero attached hydrogens (tertiary/aromatic N) is 1. The number of carbonyl (C=O) groups excluding carboxylic acids is 2. The number of benzene rings is 1. The van der Waals surface area contributed by atoms with E-state index in [0.29, 0.717) is 11.1 Å². The third-order valence-electron chi connectivity index (χ3n) is 3.96. The van der Waals surface area contributed by atoms with Crippen molar-refractivity contribution in [1.29, 1.82) is 0 Å². The van der Waals surface area contributed by atoms with Crippen molar-refractivity contribution in [3.05, 3.63) is 52.8 Å². The lowest BCUT2D eigenvalue weighted by Crippen LogP contribution is -2.51. The van der Waals surface area contributed by atoms with Crippen LogP contribution in [0.5, 0.6) is 0 Å². The molecule has 1 aliphatic rings. The van der Waals surface area contributed by atoms with Crippen LogP contribution in [-0.2, 0) is 21.1 Å². The molecule has 0 radical (unpaired) electrons. The van der Waals surface area contributed by atoms with Gasteiger partial charge in [-0.25, -0.2) is 17.2 Å². The summed E-state index contributed by atoms with van der Waals surface area (Å²) in [5, 5.41) is 6.83. The molecule has 1 fully saturated rings.